The summed E-state index contributed by atoms with van der Waals surface area (Å²) < 4.78 is 0.975. The number of nitriles is 1. The second-order valence-corrected chi connectivity index (χ2v) is 4.99. The maximum Gasteiger partial charge on any atom is 0.183 e. The number of benzene rings is 1. The van der Waals surface area contributed by atoms with Gasteiger partial charge in [-0.1, -0.05) is 27.7 Å². The first kappa shape index (κ1) is 12.9. The van der Waals surface area contributed by atoms with Crippen molar-refractivity contribution in [2.24, 2.45) is 4.99 Å². The minimum Gasteiger partial charge on any atom is -0.271 e. The molecule has 0 spiro atoms. The van der Waals surface area contributed by atoms with Gasteiger partial charge in [0.2, 0.25) is 0 Å². The van der Waals surface area contributed by atoms with Crippen LogP contribution in [0.1, 0.15) is 0 Å². The molecule has 4 nitrogen and oxygen atoms in total. The lowest BCUT2D eigenvalue weighted by Gasteiger charge is -2.05. The van der Waals surface area contributed by atoms with Crippen molar-refractivity contribution in [1.29, 1.82) is 5.26 Å². The molecule has 0 atom stereocenters. The molecule has 1 aromatic carbocycles. The van der Waals surface area contributed by atoms with Crippen molar-refractivity contribution in [3.63, 3.8) is 0 Å². The number of rotatable bonds is 1. The smallest absolute Gasteiger partial charge is 0.183 e. The first-order valence-corrected chi connectivity index (χ1v) is 7.08. The van der Waals surface area contributed by atoms with Crippen LogP contribution in [0.2, 0.25) is 0 Å². The highest BCUT2D eigenvalue weighted by Crippen LogP contribution is 2.31. The Morgan fingerprint density at radius 2 is 2.28 bits per heavy atom. The van der Waals surface area contributed by atoms with Gasteiger partial charge in [0.25, 0.3) is 0 Å². The minimum absolute atomic E-state index is 0.568. The number of aromatic nitrogens is 1. The molecule has 0 saturated carbocycles. The molecule has 1 aromatic heterocycles. The second-order valence-electron chi connectivity index (χ2n) is 3.35. The quantitative estimate of drug-likeness (QED) is 0.378. The van der Waals surface area contributed by atoms with E-state index < -0.39 is 0 Å². The van der Waals surface area contributed by atoms with Crippen molar-refractivity contribution in [2.75, 3.05) is 6.26 Å². The summed E-state index contributed by atoms with van der Waals surface area (Å²) in [5.74, 6) is 0. The van der Waals surface area contributed by atoms with E-state index in [0.717, 1.165) is 20.9 Å². The number of amidine groups is 1. The lowest BCUT2D eigenvalue weighted by molar-refractivity contribution is 1.28. The van der Waals surface area contributed by atoms with E-state index >= 15 is 0 Å². The highest BCUT2D eigenvalue weighted by Gasteiger charge is 2.05. The van der Waals surface area contributed by atoms with E-state index in [0.29, 0.717) is 5.17 Å². The summed E-state index contributed by atoms with van der Waals surface area (Å²) in [6, 6.07) is 5.73. The number of hydrogen-bond donors (Lipinski definition) is 1. The molecule has 0 saturated heterocycles. The lowest BCUT2D eigenvalue weighted by Crippen LogP contribution is -2.12. The standard InChI is InChI=1S/C12H9BrN4S/c1-18-12(16-7-14)17-11-3-2-10(13)9-6-15-5-4-8(9)11/h2-6H,1H3,(H,16,17). The zero-order chi connectivity index (χ0) is 13.0. The number of nitrogens with one attached hydrogen (secondary N) is 1. The lowest BCUT2D eigenvalue weighted by atomic mass is 10.1. The molecule has 1 heterocycles. The third-order valence-corrected chi connectivity index (χ3v) is 3.59. The third kappa shape index (κ3) is 2.63. The second kappa shape index (κ2) is 5.85. The fraction of sp³-hybridized carbons (Fsp3) is 0.0833. The van der Waals surface area contributed by atoms with E-state index in [4.69, 9.17) is 5.26 Å². The summed E-state index contributed by atoms with van der Waals surface area (Å²) in [7, 11) is 0. The van der Waals surface area contributed by atoms with E-state index in [1.54, 1.807) is 12.4 Å². The largest absolute Gasteiger partial charge is 0.271 e. The van der Waals surface area contributed by atoms with E-state index in [9.17, 15) is 0 Å². The molecule has 0 aliphatic rings. The molecule has 0 amide bonds. The van der Waals surface area contributed by atoms with Crippen LogP contribution in [-0.4, -0.2) is 16.4 Å². The zero-order valence-electron chi connectivity index (χ0n) is 9.51. The molecule has 0 unspecified atom stereocenters. The molecule has 6 heteroatoms. The predicted molar refractivity (Wildman–Crippen MR) is 78.8 cm³/mol. The molecule has 18 heavy (non-hydrogen) atoms. The number of aliphatic imine (C=N–C) groups is 1. The summed E-state index contributed by atoms with van der Waals surface area (Å²) in [4.78, 5) is 8.53. The van der Waals surface area contributed by atoms with Gasteiger partial charge in [0.1, 0.15) is 0 Å². The van der Waals surface area contributed by atoms with E-state index in [1.807, 2.05) is 30.6 Å². The number of fused-ring (bicyclic) bond motifs is 1. The summed E-state index contributed by atoms with van der Waals surface area (Å²) in [6.07, 6.45) is 7.26. The Bertz CT molecular complexity index is 648. The summed E-state index contributed by atoms with van der Waals surface area (Å²) >= 11 is 4.87. The molecular weight excluding hydrogens is 312 g/mol. The van der Waals surface area contributed by atoms with Crippen molar-refractivity contribution in [2.45, 2.75) is 0 Å². The molecule has 0 bridgehead atoms. The molecule has 0 aliphatic heterocycles. The fourth-order valence-electron chi connectivity index (χ4n) is 1.52. The highest BCUT2D eigenvalue weighted by molar-refractivity contribution is 9.10. The third-order valence-electron chi connectivity index (χ3n) is 2.32. The van der Waals surface area contributed by atoms with Crippen LogP contribution in [-0.2, 0) is 0 Å². The van der Waals surface area contributed by atoms with Crippen LogP contribution in [0.5, 0.6) is 0 Å². The Morgan fingerprint density at radius 1 is 1.44 bits per heavy atom. The Labute approximate surface area is 117 Å². The van der Waals surface area contributed by atoms with Crippen LogP contribution >= 0.6 is 27.7 Å². The fourth-order valence-corrected chi connectivity index (χ4v) is 2.30. The van der Waals surface area contributed by atoms with Crippen LogP contribution in [0.15, 0.2) is 40.1 Å². The van der Waals surface area contributed by atoms with E-state index in [-0.39, 0.29) is 0 Å². The summed E-state index contributed by atoms with van der Waals surface area (Å²) in [6.45, 7) is 0. The maximum atomic E-state index is 8.63. The Balaban J connectivity index is 2.59. The molecule has 2 aromatic rings. The molecular formula is C12H9BrN4S. The predicted octanol–water partition coefficient (Wildman–Crippen LogP) is 3.42. The maximum absolute atomic E-state index is 8.63. The molecule has 0 radical (unpaired) electrons. The molecule has 1 N–H and O–H groups in total. The molecule has 90 valence electrons. The number of thioether (sulfide) groups is 1. The van der Waals surface area contributed by atoms with Gasteiger partial charge in [-0.15, -0.1) is 0 Å². The summed E-state index contributed by atoms with van der Waals surface area (Å²) in [5.41, 5.74) is 0.808. The number of pyridine rings is 1. The van der Waals surface area contributed by atoms with Gasteiger partial charge in [0, 0.05) is 27.6 Å². The number of halogens is 1. The SMILES string of the molecule is CSC(=Nc1ccc(Br)c2cnccc12)NC#N. The zero-order valence-corrected chi connectivity index (χ0v) is 11.9. The molecule has 2 rings (SSSR count). The van der Waals surface area contributed by atoms with Gasteiger partial charge < -0.3 is 0 Å². The Kier molecular flexibility index (Phi) is 4.18. The van der Waals surface area contributed by atoms with Crippen molar-refractivity contribution < 1.29 is 0 Å². The van der Waals surface area contributed by atoms with Crippen LogP contribution in [0.25, 0.3) is 10.8 Å². The Hall–Kier alpha value is -1.58. The van der Waals surface area contributed by atoms with Gasteiger partial charge in [-0.25, -0.2) is 4.99 Å². The van der Waals surface area contributed by atoms with Crippen LogP contribution in [0.4, 0.5) is 5.69 Å². The molecule has 0 fully saturated rings. The van der Waals surface area contributed by atoms with Crippen molar-refractivity contribution in [3.05, 3.63) is 35.1 Å². The topological polar surface area (TPSA) is 61.1 Å². The monoisotopic (exact) mass is 320 g/mol. The van der Waals surface area contributed by atoms with Gasteiger partial charge in [-0.05, 0) is 24.5 Å². The van der Waals surface area contributed by atoms with Crippen LogP contribution < -0.4 is 5.32 Å². The van der Waals surface area contributed by atoms with Crippen molar-refractivity contribution >= 4 is 49.3 Å². The van der Waals surface area contributed by atoms with Crippen molar-refractivity contribution in [1.82, 2.24) is 10.3 Å². The van der Waals surface area contributed by atoms with E-state index in [2.05, 4.69) is 31.2 Å². The summed E-state index contributed by atoms with van der Waals surface area (Å²) in [5, 5.41) is 13.7. The average molecular weight is 321 g/mol. The van der Waals surface area contributed by atoms with Crippen LogP contribution in [0, 0.1) is 11.5 Å². The Morgan fingerprint density at radius 3 is 3.00 bits per heavy atom. The average Bonchev–Trinajstić information content (AvgIpc) is 2.41. The normalized spacial score (nSPS) is 11.3. The first-order chi connectivity index (χ1) is 8.76. The highest BCUT2D eigenvalue weighted by atomic mass is 79.9. The van der Waals surface area contributed by atoms with Gasteiger partial charge in [-0.2, -0.15) is 5.26 Å². The van der Waals surface area contributed by atoms with Crippen LogP contribution in [0.3, 0.4) is 0 Å². The first-order valence-electron chi connectivity index (χ1n) is 5.06. The van der Waals surface area contributed by atoms with Gasteiger partial charge in [0.15, 0.2) is 11.4 Å². The van der Waals surface area contributed by atoms with Gasteiger partial charge in [-0.3, -0.25) is 10.3 Å². The number of nitrogens with zero attached hydrogens (tertiary/aromatic N) is 3. The van der Waals surface area contributed by atoms with Crippen molar-refractivity contribution in [3.8, 4) is 6.19 Å². The van der Waals surface area contributed by atoms with E-state index in [1.165, 1.54) is 11.8 Å². The molecule has 0 aliphatic carbocycles. The van der Waals surface area contributed by atoms with Gasteiger partial charge >= 0.3 is 0 Å². The van der Waals surface area contributed by atoms with Gasteiger partial charge in [0.05, 0.1) is 5.69 Å². The minimum atomic E-state index is 0.568. The number of hydrogen-bond acceptors (Lipinski definition) is 4.